The number of hydrogen-bond donors (Lipinski definition) is 0. The van der Waals surface area contributed by atoms with Crippen molar-refractivity contribution in [2.24, 2.45) is 5.92 Å². The zero-order chi connectivity index (χ0) is 12.4. The van der Waals surface area contributed by atoms with Crippen LogP contribution in [0.3, 0.4) is 0 Å². The van der Waals surface area contributed by atoms with E-state index >= 15 is 0 Å². The zero-order valence-electron chi connectivity index (χ0n) is 10.1. The van der Waals surface area contributed by atoms with Gasteiger partial charge in [0.15, 0.2) is 0 Å². The normalized spacial score (nSPS) is 19.2. The van der Waals surface area contributed by atoms with Crippen LogP contribution in [0.15, 0.2) is 18.2 Å². The summed E-state index contributed by atoms with van der Waals surface area (Å²) in [6.07, 6.45) is 5.80. The van der Waals surface area contributed by atoms with Crippen molar-refractivity contribution in [1.29, 1.82) is 0 Å². The third-order valence-corrected chi connectivity index (χ3v) is 2.99. The molecular formula is C14H15NO2. The molecule has 0 aromatic heterocycles. The summed E-state index contributed by atoms with van der Waals surface area (Å²) in [7, 11) is 1.60. The molecule has 3 heteroatoms. The summed E-state index contributed by atoms with van der Waals surface area (Å²) in [5, 5.41) is 0. The second kappa shape index (κ2) is 4.50. The topological polar surface area (TPSA) is 29.5 Å². The minimum Gasteiger partial charge on any atom is -0.495 e. The molecule has 88 valence electrons. The molecule has 1 fully saturated rings. The number of benzene rings is 1. The summed E-state index contributed by atoms with van der Waals surface area (Å²) in [5.41, 5.74) is 1.91. The van der Waals surface area contributed by atoms with Gasteiger partial charge < -0.3 is 9.64 Å². The van der Waals surface area contributed by atoms with E-state index in [-0.39, 0.29) is 11.8 Å². The largest absolute Gasteiger partial charge is 0.495 e. The van der Waals surface area contributed by atoms with Crippen LogP contribution >= 0.6 is 0 Å². The molecule has 1 atom stereocenters. The van der Waals surface area contributed by atoms with Crippen molar-refractivity contribution in [2.45, 2.75) is 13.3 Å². The molecule has 1 aliphatic rings. The van der Waals surface area contributed by atoms with E-state index in [2.05, 4.69) is 5.92 Å². The van der Waals surface area contributed by atoms with Gasteiger partial charge in [-0.05, 0) is 24.6 Å². The Morgan fingerprint density at radius 1 is 1.53 bits per heavy atom. The molecule has 1 aromatic rings. The maximum absolute atomic E-state index is 11.9. The molecule has 1 heterocycles. The number of anilines is 1. The van der Waals surface area contributed by atoms with E-state index in [0.717, 1.165) is 11.3 Å². The third kappa shape index (κ3) is 2.12. The Balaban J connectivity index is 2.37. The Hall–Kier alpha value is -1.95. The molecule has 1 aromatic carbocycles. The lowest BCUT2D eigenvalue weighted by atomic mass is 10.1. The van der Waals surface area contributed by atoms with Gasteiger partial charge in [0, 0.05) is 18.9 Å². The van der Waals surface area contributed by atoms with E-state index in [0.29, 0.717) is 18.7 Å². The number of hydrogen-bond acceptors (Lipinski definition) is 2. The van der Waals surface area contributed by atoms with Crippen LogP contribution in [-0.2, 0) is 4.79 Å². The molecule has 3 nitrogen and oxygen atoms in total. The maximum atomic E-state index is 11.9. The van der Waals surface area contributed by atoms with E-state index in [1.807, 2.05) is 25.1 Å². The molecule has 0 aliphatic carbocycles. The molecule has 1 saturated heterocycles. The minimum atomic E-state index is 0.00715. The Kier molecular flexibility index (Phi) is 3.06. The van der Waals surface area contributed by atoms with Gasteiger partial charge in [0.1, 0.15) is 5.75 Å². The summed E-state index contributed by atoms with van der Waals surface area (Å²) in [6.45, 7) is 2.57. The average Bonchev–Trinajstić information content (AvgIpc) is 2.70. The maximum Gasteiger partial charge on any atom is 0.228 e. The number of aryl methyl sites for hydroxylation is 1. The van der Waals surface area contributed by atoms with Gasteiger partial charge in [-0.1, -0.05) is 6.07 Å². The Labute approximate surface area is 101 Å². The SMILES string of the molecule is C#CC1CC(=O)N(c2cc(C)ccc2OC)C1. The van der Waals surface area contributed by atoms with E-state index < -0.39 is 0 Å². The van der Waals surface area contributed by atoms with Gasteiger partial charge in [0.05, 0.1) is 12.8 Å². The van der Waals surface area contributed by atoms with Crippen molar-refractivity contribution in [3.63, 3.8) is 0 Å². The van der Waals surface area contributed by atoms with E-state index in [1.165, 1.54) is 0 Å². The summed E-state index contributed by atoms with van der Waals surface area (Å²) in [5.74, 6) is 3.43. The molecule has 17 heavy (non-hydrogen) atoms. The van der Waals surface area contributed by atoms with Gasteiger partial charge in [-0.25, -0.2) is 0 Å². The molecular weight excluding hydrogens is 214 g/mol. The van der Waals surface area contributed by atoms with Gasteiger partial charge in [0.2, 0.25) is 5.91 Å². The Morgan fingerprint density at radius 3 is 2.88 bits per heavy atom. The first kappa shape index (κ1) is 11.5. The fourth-order valence-electron chi connectivity index (χ4n) is 2.06. The second-order valence-corrected chi connectivity index (χ2v) is 4.25. The molecule has 1 amide bonds. The van der Waals surface area contributed by atoms with Crippen LogP contribution < -0.4 is 9.64 Å². The van der Waals surface area contributed by atoms with Gasteiger partial charge in [0.25, 0.3) is 0 Å². The fourth-order valence-corrected chi connectivity index (χ4v) is 2.06. The first-order valence-electron chi connectivity index (χ1n) is 5.57. The van der Waals surface area contributed by atoms with Crippen molar-refractivity contribution in [3.05, 3.63) is 23.8 Å². The summed E-state index contributed by atoms with van der Waals surface area (Å²) < 4.78 is 5.28. The molecule has 0 bridgehead atoms. The second-order valence-electron chi connectivity index (χ2n) is 4.25. The number of ether oxygens (including phenoxy) is 1. The highest BCUT2D eigenvalue weighted by molar-refractivity contribution is 5.97. The van der Waals surface area contributed by atoms with Crippen molar-refractivity contribution in [1.82, 2.24) is 0 Å². The van der Waals surface area contributed by atoms with Crippen molar-refractivity contribution >= 4 is 11.6 Å². The number of rotatable bonds is 2. The van der Waals surface area contributed by atoms with Gasteiger partial charge >= 0.3 is 0 Å². The lowest BCUT2D eigenvalue weighted by Gasteiger charge is -2.19. The quantitative estimate of drug-likeness (QED) is 0.726. The fraction of sp³-hybridized carbons (Fsp3) is 0.357. The lowest BCUT2D eigenvalue weighted by molar-refractivity contribution is -0.117. The molecule has 2 rings (SSSR count). The van der Waals surface area contributed by atoms with Crippen LogP contribution in [-0.4, -0.2) is 19.6 Å². The summed E-state index contributed by atoms with van der Waals surface area (Å²) in [4.78, 5) is 13.6. The lowest BCUT2D eigenvalue weighted by Crippen LogP contribution is -2.25. The molecule has 1 unspecified atom stereocenters. The number of carbonyl (C=O) groups excluding carboxylic acids is 1. The zero-order valence-corrected chi connectivity index (χ0v) is 10.1. The molecule has 1 aliphatic heterocycles. The van der Waals surface area contributed by atoms with Crippen LogP contribution in [0.1, 0.15) is 12.0 Å². The van der Waals surface area contributed by atoms with Crippen LogP contribution in [0, 0.1) is 25.2 Å². The summed E-state index contributed by atoms with van der Waals surface area (Å²) in [6, 6.07) is 5.79. The molecule has 0 radical (unpaired) electrons. The van der Waals surface area contributed by atoms with E-state index in [9.17, 15) is 4.79 Å². The highest BCUT2D eigenvalue weighted by Crippen LogP contribution is 2.33. The van der Waals surface area contributed by atoms with Crippen LogP contribution in [0.5, 0.6) is 5.75 Å². The molecule has 0 N–H and O–H groups in total. The number of terminal acetylenes is 1. The Morgan fingerprint density at radius 2 is 2.29 bits per heavy atom. The highest BCUT2D eigenvalue weighted by atomic mass is 16.5. The standard InChI is InChI=1S/C14H15NO2/c1-4-11-8-14(16)15(9-11)12-7-10(2)5-6-13(12)17-3/h1,5-7,11H,8-9H2,2-3H3. The highest BCUT2D eigenvalue weighted by Gasteiger charge is 2.30. The van der Waals surface area contributed by atoms with Gasteiger partial charge in [-0.3, -0.25) is 4.79 Å². The smallest absolute Gasteiger partial charge is 0.228 e. The van der Waals surface area contributed by atoms with Crippen molar-refractivity contribution in [3.8, 4) is 18.1 Å². The first-order chi connectivity index (χ1) is 8.15. The average molecular weight is 229 g/mol. The number of carbonyl (C=O) groups is 1. The number of methoxy groups -OCH3 is 1. The van der Waals surface area contributed by atoms with Gasteiger partial charge in [-0.15, -0.1) is 12.3 Å². The van der Waals surface area contributed by atoms with Crippen LogP contribution in [0.4, 0.5) is 5.69 Å². The number of amides is 1. The van der Waals surface area contributed by atoms with Crippen LogP contribution in [0.25, 0.3) is 0 Å². The minimum absolute atomic E-state index is 0.00715. The van der Waals surface area contributed by atoms with E-state index in [4.69, 9.17) is 11.2 Å². The Bertz CT molecular complexity index is 487. The molecule has 0 spiro atoms. The monoisotopic (exact) mass is 229 g/mol. The summed E-state index contributed by atoms with van der Waals surface area (Å²) >= 11 is 0. The predicted molar refractivity (Wildman–Crippen MR) is 67.0 cm³/mol. The number of nitrogens with zero attached hydrogens (tertiary/aromatic N) is 1. The van der Waals surface area contributed by atoms with Crippen molar-refractivity contribution < 1.29 is 9.53 Å². The van der Waals surface area contributed by atoms with Crippen molar-refractivity contribution in [2.75, 3.05) is 18.6 Å². The van der Waals surface area contributed by atoms with Gasteiger partial charge in [-0.2, -0.15) is 0 Å². The first-order valence-corrected chi connectivity index (χ1v) is 5.57. The predicted octanol–water partition coefficient (Wildman–Crippen LogP) is 1.99. The third-order valence-electron chi connectivity index (χ3n) is 2.99. The van der Waals surface area contributed by atoms with Crippen LogP contribution in [0.2, 0.25) is 0 Å². The van der Waals surface area contributed by atoms with E-state index in [1.54, 1.807) is 12.0 Å². The molecule has 0 saturated carbocycles.